The molecule has 0 bridgehead atoms. The molecule has 4 rings (SSSR count). The van der Waals surface area contributed by atoms with Crippen molar-refractivity contribution < 1.29 is 19.6 Å². The van der Waals surface area contributed by atoms with E-state index < -0.39 is 28.4 Å². The average Bonchev–Trinajstić information content (AvgIpc) is 3.37. The molecule has 8 nitrogen and oxygen atoms in total. The highest BCUT2D eigenvalue weighted by molar-refractivity contribution is 7.10. The number of nitro groups is 1. The lowest BCUT2D eigenvalue weighted by Gasteiger charge is -2.24. The van der Waals surface area contributed by atoms with E-state index in [0.29, 0.717) is 4.88 Å². The molecule has 1 amide bonds. The second-order valence-corrected chi connectivity index (χ2v) is 7.58. The maximum Gasteiger partial charge on any atom is 0.295 e. The number of aliphatic hydroxyl groups is 1. The van der Waals surface area contributed by atoms with E-state index in [1.165, 1.54) is 40.5 Å². The summed E-state index contributed by atoms with van der Waals surface area (Å²) in [6.07, 6.45) is 3.18. The number of Topliss-reactive ketones (excluding diaryl/α,β-unsaturated/α-hetero) is 1. The van der Waals surface area contributed by atoms with Crippen molar-refractivity contribution in [3.05, 3.63) is 98.0 Å². The number of hydrogen-bond acceptors (Lipinski definition) is 7. The molecule has 1 aliphatic heterocycles. The molecular formula is C21H15N3O5S. The molecular weight excluding hydrogens is 406 g/mol. The number of thiophene rings is 1. The van der Waals surface area contributed by atoms with Crippen LogP contribution in [0.5, 0.6) is 0 Å². The van der Waals surface area contributed by atoms with E-state index in [2.05, 4.69) is 4.98 Å². The third-order valence-corrected chi connectivity index (χ3v) is 5.71. The summed E-state index contributed by atoms with van der Waals surface area (Å²) in [6.45, 7) is 0.154. The van der Waals surface area contributed by atoms with Crippen molar-refractivity contribution in [2.45, 2.75) is 12.6 Å². The fourth-order valence-corrected chi connectivity index (χ4v) is 4.24. The van der Waals surface area contributed by atoms with Crippen LogP contribution in [0.4, 0.5) is 5.69 Å². The van der Waals surface area contributed by atoms with Gasteiger partial charge in [-0.25, -0.2) is 0 Å². The monoisotopic (exact) mass is 421 g/mol. The number of nitro benzene ring substituents is 1. The van der Waals surface area contributed by atoms with Crippen LogP contribution in [-0.4, -0.2) is 31.6 Å². The quantitative estimate of drug-likeness (QED) is 0.221. The van der Waals surface area contributed by atoms with Crippen LogP contribution in [-0.2, 0) is 16.1 Å². The number of nitrogens with zero attached hydrogens (tertiary/aromatic N) is 3. The number of rotatable bonds is 5. The van der Waals surface area contributed by atoms with Crippen LogP contribution in [0.3, 0.4) is 0 Å². The summed E-state index contributed by atoms with van der Waals surface area (Å²) in [6, 6.07) is 11.6. The number of carbonyl (C=O) groups is 2. The molecule has 9 heteroatoms. The Morgan fingerprint density at radius 2 is 1.93 bits per heavy atom. The highest BCUT2D eigenvalue weighted by Crippen LogP contribution is 2.42. The van der Waals surface area contributed by atoms with Crippen LogP contribution >= 0.6 is 11.3 Å². The molecule has 0 aliphatic carbocycles. The van der Waals surface area contributed by atoms with Crippen molar-refractivity contribution in [1.82, 2.24) is 9.88 Å². The number of non-ortho nitro benzene ring substituents is 1. The van der Waals surface area contributed by atoms with Gasteiger partial charge in [-0.15, -0.1) is 11.3 Å². The van der Waals surface area contributed by atoms with Crippen LogP contribution in [0, 0.1) is 10.1 Å². The Kier molecular flexibility index (Phi) is 5.11. The van der Waals surface area contributed by atoms with E-state index in [0.717, 1.165) is 5.56 Å². The average molecular weight is 421 g/mol. The fourth-order valence-electron chi connectivity index (χ4n) is 3.39. The Balaban J connectivity index is 1.84. The van der Waals surface area contributed by atoms with Crippen LogP contribution < -0.4 is 0 Å². The number of amides is 1. The predicted octanol–water partition coefficient (Wildman–Crippen LogP) is 3.67. The first-order chi connectivity index (χ1) is 14.5. The standard InChI is InChI=1S/C21H15N3O5S/c25-19(14-3-1-4-15(11-14)24(28)29)17-18(16-5-2-10-30-16)23(21(27)20(17)26)12-13-6-8-22-9-7-13/h1-11,18,25H,12H2/b19-17-. The van der Waals surface area contributed by atoms with E-state index in [9.17, 15) is 24.8 Å². The summed E-state index contributed by atoms with van der Waals surface area (Å²) in [5.41, 5.74) is 0.575. The molecule has 1 unspecified atom stereocenters. The maximum absolute atomic E-state index is 12.9. The molecule has 1 aliphatic rings. The zero-order valence-corrected chi connectivity index (χ0v) is 16.3. The Morgan fingerprint density at radius 3 is 2.60 bits per heavy atom. The maximum atomic E-state index is 12.9. The van der Waals surface area contributed by atoms with Crippen LogP contribution in [0.2, 0.25) is 0 Å². The topological polar surface area (TPSA) is 114 Å². The number of pyridine rings is 1. The minimum Gasteiger partial charge on any atom is -0.507 e. The largest absolute Gasteiger partial charge is 0.507 e. The summed E-state index contributed by atoms with van der Waals surface area (Å²) in [4.78, 5) is 42.3. The van der Waals surface area contributed by atoms with Crippen LogP contribution in [0.15, 0.2) is 71.9 Å². The minimum absolute atomic E-state index is 0.0861. The molecule has 1 atom stereocenters. The van der Waals surface area contributed by atoms with Gasteiger partial charge in [-0.2, -0.15) is 0 Å². The number of benzene rings is 1. The third-order valence-electron chi connectivity index (χ3n) is 4.79. The van der Waals surface area contributed by atoms with Gasteiger partial charge in [0.25, 0.3) is 17.4 Å². The summed E-state index contributed by atoms with van der Waals surface area (Å²) in [5, 5.41) is 23.8. The van der Waals surface area contributed by atoms with Gasteiger partial charge in [0, 0.05) is 41.5 Å². The smallest absolute Gasteiger partial charge is 0.295 e. The molecule has 1 N–H and O–H groups in total. The summed E-state index contributed by atoms with van der Waals surface area (Å²) >= 11 is 1.35. The molecule has 30 heavy (non-hydrogen) atoms. The van der Waals surface area contributed by atoms with Gasteiger partial charge in [-0.05, 0) is 29.1 Å². The predicted molar refractivity (Wildman–Crippen MR) is 109 cm³/mol. The Morgan fingerprint density at radius 1 is 1.17 bits per heavy atom. The first-order valence-corrected chi connectivity index (χ1v) is 9.81. The van der Waals surface area contributed by atoms with E-state index in [1.807, 2.05) is 5.38 Å². The van der Waals surface area contributed by atoms with Crippen LogP contribution in [0.25, 0.3) is 5.76 Å². The van der Waals surface area contributed by atoms with E-state index in [-0.39, 0.29) is 23.4 Å². The summed E-state index contributed by atoms with van der Waals surface area (Å²) in [7, 11) is 0. The lowest BCUT2D eigenvalue weighted by atomic mass is 9.99. The van der Waals surface area contributed by atoms with Crippen LogP contribution in [0.1, 0.15) is 22.0 Å². The van der Waals surface area contributed by atoms with Gasteiger partial charge in [-0.1, -0.05) is 18.2 Å². The number of carbonyl (C=O) groups excluding carboxylic acids is 2. The zero-order valence-electron chi connectivity index (χ0n) is 15.5. The van der Waals surface area contributed by atoms with Gasteiger partial charge >= 0.3 is 0 Å². The Bertz CT molecular complexity index is 1160. The highest BCUT2D eigenvalue weighted by Gasteiger charge is 2.46. The number of hydrogen-bond donors (Lipinski definition) is 1. The SMILES string of the molecule is O=C1C(=O)N(Cc2ccncc2)C(c2cccs2)/C1=C(/O)c1cccc([N+](=O)[O-])c1. The van der Waals surface area contributed by atoms with E-state index in [1.54, 1.807) is 36.7 Å². The molecule has 3 aromatic rings. The molecule has 1 aromatic carbocycles. The molecule has 1 saturated heterocycles. The second kappa shape index (κ2) is 7.88. The number of likely N-dealkylation sites (tertiary alicyclic amines) is 1. The molecule has 0 radical (unpaired) electrons. The van der Waals surface area contributed by atoms with Gasteiger partial charge in [0.15, 0.2) is 0 Å². The summed E-state index contributed by atoms with van der Waals surface area (Å²) < 4.78 is 0. The lowest BCUT2D eigenvalue weighted by Crippen LogP contribution is -2.28. The van der Waals surface area contributed by atoms with Gasteiger partial charge in [-0.3, -0.25) is 24.7 Å². The number of ketones is 1. The van der Waals surface area contributed by atoms with Crippen molar-refractivity contribution in [1.29, 1.82) is 0 Å². The lowest BCUT2D eigenvalue weighted by molar-refractivity contribution is -0.384. The molecule has 2 aromatic heterocycles. The van der Waals surface area contributed by atoms with E-state index >= 15 is 0 Å². The highest BCUT2D eigenvalue weighted by atomic mass is 32.1. The zero-order chi connectivity index (χ0) is 21.3. The number of aromatic nitrogens is 1. The normalized spacial score (nSPS) is 18.0. The third kappa shape index (κ3) is 3.46. The first kappa shape index (κ1) is 19.5. The first-order valence-electron chi connectivity index (χ1n) is 8.93. The van der Waals surface area contributed by atoms with Gasteiger partial charge in [0.2, 0.25) is 0 Å². The Labute approximate surface area is 174 Å². The van der Waals surface area contributed by atoms with Gasteiger partial charge in [0.05, 0.1) is 16.5 Å². The van der Waals surface area contributed by atoms with Crippen molar-refractivity contribution in [2.75, 3.05) is 0 Å². The fraction of sp³-hybridized carbons (Fsp3) is 0.0952. The molecule has 0 spiro atoms. The van der Waals surface area contributed by atoms with Crippen molar-refractivity contribution >= 4 is 34.5 Å². The van der Waals surface area contributed by atoms with Crippen molar-refractivity contribution in [3.8, 4) is 0 Å². The molecule has 150 valence electrons. The molecule has 1 fully saturated rings. The number of aliphatic hydroxyl groups excluding tert-OH is 1. The van der Waals surface area contributed by atoms with Gasteiger partial charge < -0.3 is 10.0 Å². The van der Waals surface area contributed by atoms with E-state index in [4.69, 9.17) is 0 Å². The summed E-state index contributed by atoms with van der Waals surface area (Å²) in [5.74, 6) is -2.00. The Hall–Kier alpha value is -3.85. The van der Waals surface area contributed by atoms with Gasteiger partial charge in [0.1, 0.15) is 5.76 Å². The minimum atomic E-state index is -0.827. The molecule has 0 saturated carbocycles. The molecule has 3 heterocycles. The van der Waals surface area contributed by atoms with Crippen molar-refractivity contribution in [3.63, 3.8) is 0 Å². The second-order valence-electron chi connectivity index (χ2n) is 6.61. The van der Waals surface area contributed by atoms with Crippen molar-refractivity contribution in [2.24, 2.45) is 0 Å².